The lowest BCUT2D eigenvalue weighted by Gasteiger charge is -2.10. The maximum absolute atomic E-state index is 6.11. The predicted octanol–water partition coefficient (Wildman–Crippen LogP) is 9.21. The minimum Gasteiger partial charge on any atom is -0.105 e. The first-order valence-corrected chi connectivity index (χ1v) is 11.6. The first-order chi connectivity index (χ1) is 15.2. The van der Waals surface area contributed by atoms with Gasteiger partial charge in [0.15, 0.2) is 0 Å². The maximum Gasteiger partial charge on any atom is 0.0406 e. The van der Waals surface area contributed by atoms with Gasteiger partial charge in [0.2, 0.25) is 0 Å². The van der Waals surface area contributed by atoms with Gasteiger partial charge in [-0.25, -0.2) is 0 Å². The molecule has 4 aromatic rings. The lowest BCUT2D eigenvalue weighted by Crippen LogP contribution is -1.88. The van der Waals surface area contributed by atoms with E-state index in [1.54, 1.807) is 11.8 Å². The molecule has 0 nitrogen and oxygen atoms in total. The van der Waals surface area contributed by atoms with Crippen molar-refractivity contribution in [1.29, 1.82) is 0 Å². The zero-order valence-electron chi connectivity index (χ0n) is 16.7. The summed E-state index contributed by atoms with van der Waals surface area (Å²) in [7, 11) is 0. The van der Waals surface area contributed by atoms with Crippen LogP contribution in [-0.2, 0) is 0 Å². The number of thioether (sulfide) groups is 1. The standard InChI is InChI=1S/C28H20Cl2S/c29-25-15-11-23(12-16-25)28(24-13-17-26(30)18-14-24)20-31-19-27(21-7-3-1-4-8-21)22-9-5-2-6-10-22/h1-20H. The summed E-state index contributed by atoms with van der Waals surface area (Å²) in [5.74, 6) is 0. The van der Waals surface area contributed by atoms with Crippen molar-refractivity contribution in [2.75, 3.05) is 0 Å². The number of hydrogen-bond donors (Lipinski definition) is 0. The van der Waals surface area contributed by atoms with Crippen molar-refractivity contribution in [1.82, 2.24) is 0 Å². The molecule has 0 unspecified atom stereocenters. The van der Waals surface area contributed by atoms with Gasteiger partial charge in [-0.3, -0.25) is 0 Å². The second kappa shape index (κ2) is 10.5. The average Bonchev–Trinajstić information content (AvgIpc) is 2.82. The molecule has 0 spiro atoms. The predicted molar refractivity (Wildman–Crippen MR) is 138 cm³/mol. The van der Waals surface area contributed by atoms with Gasteiger partial charge < -0.3 is 0 Å². The van der Waals surface area contributed by atoms with Gasteiger partial charge >= 0.3 is 0 Å². The molecule has 0 saturated heterocycles. The molecule has 3 heteroatoms. The van der Waals surface area contributed by atoms with E-state index in [9.17, 15) is 0 Å². The van der Waals surface area contributed by atoms with E-state index in [1.165, 1.54) is 16.7 Å². The lowest BCUT2D eigenvalue weighted by molar-refractivity contribution is 1.55. The monoisotopic (exact) mass is 458 g/mol. The normalized spacial score (nSPS) is 10.4. The molecule has 0 bridgehead atoms. The van der Waals surface area contributed by atoms with Crippen molar-refractivity contribution in [2.24, 2.45) is 0 Å². The minimum atomic E-state index is 0.724. The fourth-order valence-corrected chi connectivity index (χ4v) is 4.41. The molecule has 0 aliphatic carbocycles. The van der Waals surface area contributed by atoms with Gasteiger partial charge in [-0.2, -0.15) is 0 Å². The van der Waals surface area contributed by atoms with Crippen LogP contribution < -0.4 is 0 Å². The highest BCUT2D eigenvalue weighted by Gasteiger charge is 2.07. The van der Waals surface area contributed by atoms with Crippen LogP contribution in [0.25, 0.3) is 11.1 Å². The van der Waals surface area contributed by atoms with Crippen molar-refractivity contribution >= 4 is 46.1 Å². The van der Waals surface area contributed by atoms with Crippen LogP contribution >= 0.6 is 35.0 Å². The Hall–Kier alpha value is -2.71. The molecule has 0 amide bonds. The first-order valence-electron chi connectivity index (χ1n) is 9.89. The zero-order valence-corrected chi connectivity index (χ0v) is 19.0. The van der Waals surface area contributed by atoms with Crippen molar-refractivity contribution in [2.45, 2.75) is 0 Å². The average molecular weight is 459 g/mol. The van der Waals surface area contributed by atoms with Crippen LogP contribution in [0.1, 0.15) is 22.3 Å². The fraction of sp³-hybridized carbons (Fsp3) is 0. The molecule has 4 rings (SSSR count). The summed E-state index contributed by atoms with van der Waals surface area (Å²) >= 11 is 13.9. The number of hydrogen-bond acceptors (Lipinski definition) is 1. The third-order valence-corrected chi connectivity index (χ3v) is 6.10. The van der Waals surface area contributed by atoms with E-state index in [-0.39, 0.29) is 0 Å². The number of rotatable bonds is 6. The van der Waals surface area contributed by atoms with Crippen molar-refractivity contribution in [3.05, 3.63) is 152 Å². The molecule has 0 aliphatic rings. The molecule has 4 aromatic carbocycles. The van der Waals surface area contributed by atoms with Crippen LogP contribution in [0.15, 0.2) is 120 Å². The van der Waals surface area contributed by atoms with E-state index >= 15 is 0 Å². The zero-order chi connectivity index (χ0) is 21.5. The minimum absolute atomic E-state index is 0.724. The molecular formula is C28H20Cl2S. The molecule has 0 heterocycles. The summed E-state index contributed by atoms with van der Waals surface area (Å²) in [6.45, 7) is 0. The summed E-state index contributed by atoms with van der Waals surface area (Å²) < 4.78 is 0. The van der Waals surface area contributed by atoms with Crippen LogP contribution in [0.4, 0.5) is 0 Å². The highest BCUT2D eigenvalue weighted by Crippen LogP contribution is 2.31. The Bertz CT molecular complexity index is 1090. The van der Waals surface area contributed by atoms with E-state index < -0.39 is 0 Å². The summed E-state index contributed by atoms with van der Waals surface area (Å²) in [6, 6.07) is 36.8. The Labute approximate surface area is 197 Å². The van der Waals surface area contributed by atoms with Gasteiger partial charge in [0, 0.05) is 10.0 Å². The van der Waals surface area contributed by atoms with E-state index in [4.69, 9.17) is 23.2 Å². The molecule has 0 aliphatic heterocycles. The third kappa shape index (κ3) is 5.71. The van der Waals surface area contributed by atoms with Gasteiger partial charge in [0.05, 0.1) is 0 Å². The second-order valence-electron chi connectivity index (χ2n) is 6.94. The number of benzene rings is 4. The van der Waals surface area contributed by atoms with Crippen LogP contribution in [0.2, 0.25) is 10.0 Å². The van der Waals surface area contributed by atoms with Gasteiger partial charge in [-0.1, -0.05) is 108 Å². The largest absolute Gasteiger partial charge is 0.105 e. The van der Waals surface area contributed by atoms with Crippen molar-refractivity contribution in [3.63, 3.8) is 0 Å². The maximum atomic E-state index is 6.11. The smallest absolute Gasteiger partial charge is 0.0406 e. The first kappa shape index (κ1) is 21.5. The van der Waals surface area contributed by atoms with Crippen LogP contribution in [0, 0.1) is 0 Å². The van der Waals surface area contributed by atoms with Gasteiger partial charge in [0.1, 0.15) is 0 Å². The molecular weight excluding hydrogens is 439 g/mol. The lowest BCUT2D eigenvalue weighted by atomic mass is 10.00. The highest BCUT2D eigenvalue weighted by atomic mass is 35.5. The molecule has 31 heavy (non-hydrogen) atoms. The topological polar surface area (TPSA) is 0 Å². The Kier molecular flexibility index (Phi) is 7.32. The third-order valence-electron chi connectivity index (χ3n) is 4.85. The van der Waals surface area contributed by atoms with Crippen LogP contribution in [0.5, 0.6) is 0 Å². The quantitative estimate of drug-likeness (QED) is 0.277. The molecule has 152 valence electrons. The van der Waals surface area contributed by atoms with E-state index in [0.717, 1.165) is 26.7 Å². The van der Waals surface area contributed by atoms with E-state index in [0.29, 0.717) is 0 Å². The molecule has 0 atom stereocenters. The van der Waals surface area contributed by atoms with Crippen molar-refractivity contribution in [3.8, 4) is 0 Å². The second-order valence-corrected chi connectivity index (χ2v) is 8.56. The summed E-state index contributed by atoms with van der Waals surface area (Å²) in [6.07, 6.45) is 0. The molecule has 0 radical (unpaired) electrons. The van der Waals surface area contributed by atoms with Gasteiger partial charge in [-0.05, 0) is 68.5 Å². The molecule has 0 saturated carbocycles. The van der Waals surface area contributed by atoms with E-state index in [1.807, 2.05) is 60.7 Å². The van der Waals surface area contributed by atoms with E-state index in [2.05, 4.69) is 59.3 Å². The SMILES string of the molecule is Clc1ccc(C(=CSC=C(c2ccccc2)c2ccccc2)c2ccc(Cl)cc2)cc1. The summed E-state index contributed by atoms with van der Waals surface area (Å²) in [4.78, 5) is 0. The van der Waals surface area contributed by atoms with Gasteiger partial charge in [-0.15, -0.1) is 11.8 Å². The van der Waals surface area contributed by atoms with Crippen molar-refractivity contribution < 1.29 is 0 Å². The summed E-state index contributed by atoms with van der Waals surface area (Å²) in [5, 5.41) is 5.83. The molecule has 0 fully saturated rings. The highest BCUT2D eigenvalue weighted by molar-refractivity contribution is 8.05. The molecule has 0 aromatic heterocycles. The van der Waals surface area contributed by atoms with Crippen LogP contribution in [-0.4, -0.2) is 0 Å². The molecule has 0 N–H and O–H groups in total. The Morgan fingerprint density at radius 3 is 1.13 bits per heavy atom. The Balaban J connectivity index is 1.73. The van der Waals surface area contributed by atoms with Crippen LogP contribution in [0.3, 0.4) is 0 Å². The fourth-order valence-electron chi connectivity index (χ4n) is 3.27. The Morgan fingerprint density at radius 2 is 0.774 bits per heavy atom. The Morgan fingerprint density at radius 1 is 0.452 bits per heavy atom. The summed E-state index contributed by atoms with van der Waals surface area (Å²) in [5.41, 5.74) is 6.90. The van der Waals surface area contributed by atoms with Gasteiger partial charge in [0.25, 0.3) is 0 Å². The number of halogens is 2.